The van der Waals surface area contributed by atoms with Crippen molar-refractivity contribution < 1.29 is 9.18 Å². The quantitative estimate of drug-likeness (QED) is 0.724. The molecule has 1 aromatic carbocycles. The summed E-state index contributed by atoms with van der Waals surface area (Å²) in [5.41, 5.74) is 0.315. The highest BCUT2D eigenvalue weighted by atomic mass is 35.5. The molecular weight excluding hydrogens is 276 g/mol. The van der Waals surface area contributed by atoms with Crippen molar-refractivity contribution in [2.45, 2.75) is 18.7 Å². The number of rotatable bonds is 1. The third-order valence-electron chi connectivity index (χ3n) is 3.32. The van der Waals surface area contributed by atoms with Crippen LogP contribution in [0.3, 0.4) is 0 Å². The molecule has 0 bridgehead atoms. The summed E-state index contributed by atoms with van der Waals surface area (Å²) in [7, 11) is 0. The smallest absolute Gasteiger partial charge is 0.254 e. The molecule has 1 aliphatic heterocycles. The predicted molar refractivity (Wildman–Crippen MR) is 70.7 cm³/mol. The lowest BCUT2D eigenvalue weighted by atomic mass is 9.98. The van der Waals surface area contributed by atoms with E-state index >= 15 is 0 Å². The first-order chi connectivity index (χ1) is 8.49. The molecule has 0 N–H and O–H groups in total. The summed E-state index contributed by atoms with van der Waals surface area (Å²) >= 11 is 11.8. The van der Waals surface area contributed by atoms with Gasteiger partial charge in [-0.25, -0.2) is 4.39 Å². The zero-order valence-electron chi connectivity index (χ0n) is 10.00. The molecule has 0 spiro atoms. The van der Waals surface area contributed by atoms with E-state index in [0.29, 0.717) is 24.6 Å². The maximum absolute atomic E-state index is 13.3. The molecule has 0 aliphatic carbocycles. The Balaban J connectivity index is 2.14. The van der Waals surface area contributed by atoms with E-state index in [1.54, 1.807) is 4.90 Å². The monoisotopic (exact) mass is 289 g/mol. The predicted octanol–water partition coefficient (Wildman–Crippen LogP) is 3.57. The van der Waals surface area contributed by atoms with Crippen LogP contribution in [0.15, 0.2) is 18.2 Å². The fourth-order valence-corrected chi connectivity index (χ4v) is 2.43. The fraction of sp³-hybridized carbons (Fsp3) is 0.462. The van der Waals surface area contributed by atoms with Crippen LogP contribution in [-0.4, -0.2) is 29.3 Å². The molecule has 2 unspecified atom stereocenters. The van der Waals surface area contributed by atoms with E-state index in [2.05, 4.69) is 6.92 Å². The van der Waals surface area contributed by atoms with Crippen LogP contribution in [0.4, 0.5) is 4.39 Å². The molecule has 18 heavy (non-hydrogen) atoms. The van der Waals surface area contributed by atoms with Gasteiger partial charge in [0, 0.05) is 18.7 Å². The fourth-order valence-electron chi connectivity index (χ4n) is 2.02. The zero-order valence-corrected chi connectivity index (χ0v) is 11.5. The summed E-state index contributed by atoms with van der Waals surface area (Å²) < 4.78 is 13.3. The number of piperidine rings is 1. The number of hydrogen-bond acceptors (Lipinski definition) is 1. The second-order valence-corrected chi connectivity index (χ2v) is 5.63. The molecule has 1 saturated heterocycles. The Bertz CT molecular complexity index is 466. The Kier molecular flexibility index (Phi) is 4.13. The van der Waals surface area contributed by atoms with E-state index in [1.807, 2.05) is 0 Å². The summed E-state index contributed by atoms with van der Waals surface area (Å²) in [6.45, 7) is 3.24. The van der Waals surface area contributed by atoms with Gasteiger partial charge in [-0.15, -0.1) is 11.6 Å². The Morgan fingerprint density at radius 2 is 2.22 bits per heavy atom. The molecule has 5 heteroatoms. The Morgan fingerprint density at radius 1 is 1.50 bits per heavy atom. The van der Waals surface area contributed by atoms with Crippen LogP contribution in [0.5, 0.6) is 0 Å². The molecule has 1 amide bonds. The molecule has 0 radical (unpaired) electrons. The summed E-state index contributed by atoms with van der Waals surface area (Å²) in [6.07, 6.45) is 0.871. The summed E-state index contributed by atoms with van der Waals surface area (Å²) in [4.78, 5) is 13.8. The lowest BCUT2D eigenvalue weighted by molar-refractivity contribution is 0.0701. The van der Waals surface area contributed by atoms with Crippen molar-refractivity contribution in [3.05, 3.63) is 34.6 Å². The van der Waals surface area contributed by atoms with Crippen molar-refractivity contribution in [2.24, 2.45) is 5.92 Å². The third kappa shape index (κ3) is 2.78. The lowest BCUT2D eigenvalue weighted by Gasteiger charge is -2.34. The van der Waals surface area contributed by atoms with Crippen LogP contribution in [-0.2, 0) is 0 Å². The van der Waals surface area contributed by atoms with Gasteiger partial charge in [0.2, 0.25) is 0 Å². The van der Waals surface area contributed by atoms with Gasteiger partial charge < -0.3 is 4.90 Å². The van der Waals surface area contributed by atoms with Crippen molar-refractivity contribution in [3.63, 3.8) is 0 Å². The maximum Gasteiger partial charge on any atom is 0.254 e. The lowest BCUT2D eigenvalue weighted by Crippen LogP contribution is -2.43. The second-order valence-electron chi connectivity index (χ2n) is 4.66. The minimum atomic E-state index is -0.574. The minimum Gasteiger partial charge on any atom is -0.337 e. The highest BCUT2D eigenvalue weighted by molar-refractivity contribution is 6.30. The van der Waals surface area contributed by atoms with Crippen molar-refractivity contribution in [1.29, 1.82) is 0 Å². The van der Waals surface area contributed by atoms with Crippen molar-refractivity contribution >= 4 is 29.1 Å². The van der Waals surface area contributed by atoms with Crippen LogP contribution >= 0.6 is 23.2 Å². The van der Waals surface area contributed by atoms with Gasteiger partial charge in [0.15, 0.2) is 0 Å². The van der Waals surface area contributed by atoms with E-state index in [1.165, 1.54) is 18.2 Å². The van der Waals surface area contributed by atoms with E-state index < -0.39 is 5.82 Å². The van der Waals surface area contributed by atoms with Crippen LogP contribution in [0.2, 0.25) is 5.02 Å². The Hall–Kier alpha value is -0.800. The topological polar surface area (TPSA) is 20.3 Å². The number of carbonyl (C=O) groups is 1. The molecule has 2 atom stereocenters. The SMILES string of the molecule is CC1CCN(C(=O)c2ccc(Cl)c(F)c2)CC1Cl. The van der Waals surface area contributed by atoms with Gasteiger partial charge in [-0.2, -0.15) is 0 Å². The normalized spacial score (nSPS) is 24.1. The first-order valence-electron chi connectivity index (χ1n) is 5.87. The van der Waals surface area contributed by atoms with E-state index in [0.717, 1.165) is 6.42 Å². The number of likely N-dealkylation sites (tertiary alicyclic amines) is 1. The van der Waals surface area contributed by atoms with Crippen LogP contribution < -0.4 is 0 Å². The number of halogens is 3. The van der Waals surface area contributed by atoms with Crippen molar-refractivity contribution in [2.75, 3.05) is 13.1 Å². The number of carbonyl (C=O) groups excluding carboxylic acids is 1. The number of hydrogen-bond donors (Lipinski definition) is 0. The average molecular weight is 290 g/mol. The van der Waals surface area contributed by atoms with Crippen LogP contribution in [0, 0.1) is 11.7 Å². The van der Waals surface area contributed by atoms with Gasteiger partial charge in [-0.3, -0.25) is 4.79 Å². The Labute approximate surface area is 116 Å². The van der Waals surface area contributed by atoms with E-state index in [9.17, 15) is 9.18 Å². The second kappa shape index (κ2) is 5.45. The molecule has 0 saturated carbocycles. The van der Waals surface area contributed by atoms with Gasteiger partial charge in [0.1, 0.15) is 5.82 Å². The van der Waals surface area contributed by atoms with Crippen molar-refractivity contribution in [1.82, 2.24) is 4.90 Å². The van der Waals surface area contributed by atoms with Crippen LogP contribution in [0.25, 0.3) is 0 Å². The first kappa shape index (κ1) is 13.6. The molecule has 2 rings (SSSR count). The van der Waals surface area contributed by atoms with E-state index in [-0.39, 0.29) is 16.3 Å². The average Bonchev–Trinajstić information content (AvgIpc) is 2.35. The Morgan fingerprint density at radius 3 is 2.83 bits per heavy atom. The highest BCUT2D eigenvalue weighted by Gasteiger charge is 2.28. The molecular formula is C13H14Cl2FNO. The minimum absolute atomic E-state index is 0.0223. The number of benzene rings is 1. The summed E-state index contributed by atoms with van der Waals surface area (Å²) in [5.74, 6) is -0.365. The summed E-state index contributed by atoms with van der Waals surface area (Å²) in [5, 5.41) is -0.0196. The number of amides is 1. The van der Waals surface area contributed by atoms with Gasteiger partial charge in [0.05, 0.1) is 10.4 Å². The first-order valence-corrected chi connectivity index (χ1v) is 6.69. The molecule has 0 aromatic heterocycles. The standard InChI is InChI=1S/C13H14Cl2FNO/c1-8-4-5-17(7-11(8)15)13(18)9-2-3-10(14)12(16)6-9/h2-3,6,8,11H,4-5,7H2,1H3. The summed E-state index contributed by atoms with van der Waals surface area (Å²) in [6, 6.07) is 4.11. The number of alkyl halides is 1. The molecule has 2 nitrogen and oxygen atoms in total. The molecule has 1 aliphatic rings. The molecule has 1 fully saturated rings. The van der Waals surface area contributed by atoms with Gasteiger partial charge in [0.25, 0.3) is 5.91 Å². The molecule has 1 heterocycles. The largest absolute Gasteiger partial charge is 0.337 e. The third-order valence-corrected chi connectivity index (χ3v) is 4.20. The molecule has 1 aromatic rings. The van der Waals surface area contributed by atoms with Crippen LogP contribution in [0.1, 0.15) is 23.7 Å². The van der Waals surface area contributed by atoms with E-state index in [4.69, 9.17) is 23.2 Å². The number of nitrogens with zero attached hydrogens (tertiary/aromatic N) is 1. The highest BCUT2D eigenvalue weighted by Crippen LogP contribution is 2.24. The maximum atomic E-state index is 13.3. The van der Waals surface area contributed by atoms with Crippen molar-refractivity contribution in [3.8, 4) is 0 Å². The zero-order chi connectivity index (χ0) is 13.3. The van der Waals surface area contributed by atoms with Gasteiger partial charge >= 0.3 is 0 Å². The van der Waals surface area contributed by atoms with Gasteiger partial charge in [-0.05, 0) is 30.5 Å². The van der Waals surface area contributed by atoms with Gasteiger partial charge in [-0.1, -0.05) is 18.5 Å². The molecule has 98 valence electrons.